The van der Waals surface area contributed by atoms with Crippen LogP contribution in [0, 0.1) is 6.92 Å². The maximum Gasteiger partial charge on any atom is 0.263 e. The molecule has 0 aliphatic rings. The Bertz CT molecular complexity index is 965. The quantitative estimate of drug-likeness (QED) is 0.516. The zero-order valence-corrected chi connectivity index (χ0v) is 15.1. The summed E-state index contributed by atoms with van der Waals surface area (Å²) in [5, 5.41) is 26.2. The standard InChI is InChI=1S/C19H20N6O2/c1-3-16(15-11-13(2)9-10-17(15)26)20-21-18(27)12-25-23-19(22-24-25)14-7-5-4-6-8-14/h4-11,26H,3,12H2,1-2H3,(H,21,27)/b20-16+. The van der Waals surface area contributed by atoms with Crippen molar-refractivity contribution >= 4 is 11.6 Å². The predicted molar refractivity (Wildman–Crippen MR) is 101 cm³/mol. The number of rotatable bonds is 6. The number of carbonyl (C=O) groups excluding carboxylic acids is 1. The summed E-state index contributed by atoms with van der Waals surface area (Å²) in [6, 6.07) is 14.6. The molecule has 0 unspecified atom stereocenters. The van der Waals surface area contributed by atoms with E-state index in [2.05, 4.69) is 25.9 Å². The molecular formula is C19H20N6O2. The van der Waals surface area contributed by atoms with Crippen LogP contribution in [0.5, 0.6) is 5.75 Å². The third kappa shape index (κ3) is 4.55. The number of hydrogen-bond donors (Lipinski definition) is 2. The van der Waals surface area contributed by atoms with E-state index in [1.807, 2.05) is 56.3 Å². The number of phenolic OH excluding ortho intramolecular Hbond substituents is 1. The molecule has 1 amide bonds. The van der Waals surface area contributed by atoms with Gasteiger partial charge in [0.15, 0.2) is 0 Å². The van der Waals surface area contributed by atoms with Gasteiger partial charge in [0, 0.05) is 11.1 Å². The van der Waals surface area contributed by atoms with Gasteiger partial charge >= 0.3 is 0 Å². The molecule has 8 nitrogen and oxygen atoms in total. The van der Waals surface area contributed by atoms with Crippen molar-refractivity contribution in [3.05, 3.63) is 59.7 Å². The summed E-state index contributed by atoms with van der Waals surface area (Å²) in [6.45, 7) is 3.72. The molecule has 3 aromatic rings. The highest BCUT2D eigenvalue weighted by Gasteiger charge is 2.11. The molecule has 27 heavy (non-hydrogen) atoms. The molecule has 0 spiro atoms. The van der Waals surface area contributed by atoms with E-state index in [-0.39, 0.29) is 18.2 Å². The lowest BCUT2D eigenvalue weighted by Crippen LogP contribution is -2.25. The van der Waals surface area contributed by atoms with E-state index in [1.165, 1.54) is 4.80 Å². The van der Waals surface area contributed by atoms with E-state index < -0.39 is 0 Å². The molecule has 1 aromatic heterocycles. The number of benzene rings is 2. The van der Waals surface area contributed by atoms with Gasteiger partial charge in [0.25, 0.3) is 5.91 Å². The minimum absolute atomic E-state index is 0.111. The maximum atomic E-state index is 12.2. The molecule has 1 heterocycles. The van der Waals surface area contributed by atoms with Crippen LogP contribution in [0.1, 0.15) is 24.5 Å². The van der Waals surface area contributed by atoms with Crippen LogP contribution < -0.4 is 5.43 Å². The van der Waals surface area contributed by atoms with Gasteiger partial charge in [0.2, 0.25) is 5.82 Å². The van der Waals surface area contributed by atoms with Gasteiger partial charge in [0.1, 0.15) is 12.3 Å². The van der Waals surface area contributed by atoms with E-state index in [4.69, 9.17) is 0 Å². The van der Waals surface area contributed by atoms with E-state index in [0.717, 1.165) is 11.1 Å². The third-order valence-corrected chi connectivity index (χ3v) is 3.88. The second-order valence-corrected chi connectivity index (χ2v) is 5.98. The van der Waals surface area contributed by atoms with Gasteiger partial charge in [-0.15, -0.1) is 10.2 Å². The van der Waals surface area contributed by atoms with Crippen molar-refractivity contribution in [3.8, 4) is 17.1 Å². The molecule has 138 valence electrons. The van der Waals surface area contributed by atoms with Crippen molar-refractivity contribution < 1.29 is 9.90 Å². The largest absolute Gasteiger partial charge is 0.507 e. The molecule has 2 aromatic carbocycles. The fourth-order valence-electron chi connectivity index (χ4n) is 2.52. The van der Waals surface area contributed by atoms with Crippen LogP contribution in [-0.2, 0) is 11.3 Å². The Balaban J connectivity index is 1.67. The lowest BCUT2D eigenvalue weighted by Gasteiger charge is -2.08. The first-order valence-corrected chi connectivity index (χ1v) is 8.55. The molecule has 0 fully saturated rings. The minimum Gasteiger partial charge on any atom is -0.507 e. The second kappa shape index (κ2) is 8.22. The van der Waals surface area contributed by atoms with Gasteiger partial charge < -0.3 is 5.11 Å². The van der Waals surface area contributed by atoms with E-state index in [9.17, 15) is 9.90 Å². The molecule has 0 saturated carbocycles. The molecule has 0 aliphatic carbocycles. The summed E-state index contributed by atoms with van der Waals surface area (Å²) in [6.07, 6.45) is 0.553. The average Bonchev–Trinajstić information content (AvgIpc) is 3.14. The zero-order chi connectivity index (χ0) is 19.2. The Hall–Kier alpha value is -3.55. The SMILES string of the molecule is CC/C(=N\NC(=O)Cn1nnc(-c2ccccc2)n1)c1cc(C)ccc1O. The van der Waals surface area contributed by atoms with Crippen molar-refractivity contribution in [2.75, 3.05) is 0 Å². The molecule has 0 radical (unpaired) electrons. The number of tetrazole rings is 1. The molecule has 2 N–H and O–H groups in total. The minimum atomic E-state index is -0.384. The van der Waals surface area contributed by atoms with Crippen LogP contribution in [0.25, 0.3) is 11.4 Å². The molecule has 8 heteroatoms. The van der Waals surface area contributed by atoms with Crippen LogP contribution in [0.4, 0.5) is 0 Å². The highest BCUT2D eigenvalue weighted by molar-refractivity contribution is 6.03. The monoisotopic (exact) mass is 364 g/mol. The summed E-state index contributed by atoms with van der Waals surface area (Å²) in [4.78, 5) is 13.4. The number of phenols is 1. The van der Waals surface area contributed by atoms with E-state index >= 15 is 0 Å². The second-order valence-electron chi connectivity index (χ2n) is 5.98. The van der Waals surface area contributed by atoms with E-state index in [1.54, 1.807) is 6.07 Å². The van der Waals surface area contributed by atoms with Crippen molar-refractivity contribution in [1.82, 2.24) is 25.6 Å². The zero-order valence-electron chi connectivity index (χ0n) is 15.1. The maximum absolute atomic E-state index is 12.2. The molecule has 0 saturated heterocycles. The molecular weight excluding hydrogens is 344 g/mol. The molecule has 0 bridgehead atoms. The van der Waals surface area contributed by atoms with Crippen LogP contribution in [0.3, 0.4) is 0 Å². The van der Waals surface area contributed by atoms with Crippen LogP contribution in [0.15, 0.2) is 53.6 Å². The lowest BCUT2D eigenvalue weighted by atomic mass is 10.0. The molecule has 0 aliphatic heterocycles. The molecule has 3 rings (SSSR count). The van der Waals surface area contributed by atoms with Crippen molar-refractivity contribution in [2.24, 2.45) is 5.10 Å². The highest BCUT2D eigenvalue weighted by Crippen LogP contribution is 2.20. The van der Waals surface area contributed by atoms with Gasteiger partial charge in [-0.2, -0.15) is 9.90 Å². The number of hydrazone groups is 1. The average molecular weight is 364 g/mol. The smallest absolute Gasteiger partial charge is 0.263 e. The van der Waals surface area contributed by atoms with Gasteiger partial charge in [-0.3, -0.25) is 4.79 Å². The topological polar surface area (TPSA) is 105 Å². The van der Waals surface area contributed by atoms with Crippen molar-refractivity contribution in [3.63, 3.8) is 0 Å². The highest BCUT2D eigenvalue weighted by atomic mass is 16.3. The van der Waals surface area contributed by atoms with Gasteiger partial charge in [-0.05, 0) is 30.7 Å². The number of carbonyl (C=O) groups is 1. The van der Waals surface area contributed by atoms with Gasteiger partial charge in [-0.25, -0.2) is 5.43 Å². The van der Waals surface area contributed by atoms with Crippen molar-refractivity contribution in [2.45, 2.75) is 26.8 Å². The predicted octanol–water partition coefficient (Wildman–Crippen LogP) is 2.28. The first kappa shape index (κ1) is 18.2. The Morgan fingerprint density at radius 2 is 2.00 bits per heavy atom. The summed E-state index contributed by atoms with van der Waals surface area (Å²) in [7, 11) is 0. The Labute approximate surface area is 156 Å². The Morgan fingerprint density at radius 1 is 1.22 bits per heavy atom. The first-order chi connectivity index (χ1) is 13.1. The number of amides is 1. The molecule has 0 atom stereocenters. The Kier molecular flexibility index (Phi) is 5.55. The fourth-order valence-corrected chi connectivity index (χ4v) is 2.52. The Morgan fingerprint density at radius 3 is 2.74 bits per heavy atom. The van der Waals surface area contributed by atoms with Crippen molar-refractivity contribution in [1.29, 1.82) is 0 Å². The summed E-state index contributed by atoms with van der Waals surface area (Å²) >= 11 is 0. The van der Waals surface area contributed by atoms with Gasteiger partial charge in [-0.1, -0.05) is 48.9 Å². The summed E-state index contributed by atoms with van der Waals surface area (Å²) in [5.74, 6) is 0.192. The normalized spacial score (nSPS) is 11.4. The number of aryl methyl sites for hydroxylation is 1. The summed E-state index contributed by atoms with van der Waals surface area (Å²) in [5.41, 5.74) is 5.49. The van der Waals surface area contributed by atoms with Gasteiger partial charge in [0.05, 0.1) is 5.71 Å². The van der Waals surface area contributed by atoms with Crippen LogP contribution in [-0.4, -0.2) is 36.9 Å². The number of nitrogens with one attached hydrogen (secondary N) is 1. The first-order valence-electron chi connectivity index (χ1n) is 8.55. The number of aromatic hydroxyl groups is 1. The van der Waals surface area contributed by atoms with E-state index in [0.29, 0.717) is 23.5 Å². The van der Waals surface area contributed by atoms with Crippen LogP contribution in [0.2, 0.25) is 0 Å². The third-order valence-electron chi connectivity index (χ3n) is 3.88. The number of aromatic nitrogens is 4. The van der Waals surface area contributed by atoms with Crippen LogP contribution >= 0.6 is 0 Å². The summed E-state index contributed by atoms with van der Waals surface area (Å²) < 4.78 is 0. The number of hydrogen-bond acceptors (Lipinski definition) is 6. The lowest BCUT2D eigenvalue weighted by molar-refractivity contribution is -0.122. The fraction of sp³-hybridized carbons (Fsp3) is 0.211. The number of nitrogens with zero attached hydrogens (tertiary/aromatic N) is 5.